The van der Waals surface area contributed by atoms with Crippen LogP contribution in [0.15, 0.2) is 77.8 Å². The zero-order valence-electron chi connectivity index (χ0n) is 43.0. The molecule has 5 aromatic rings. The van der Waals surface area contributed by atoms with Crippen LogP contribution in [0, 0.1) is 26.9 Å². The molecule has 2 aliphatic carbocycles. The van der Waals surface area contributed by atoms with Crippen LogP contribution in [0.25, 0.3) is 11.0 Å². The van der Waals surface area contributed by atoms with Crippen molar-refractivity contribution in [1.29, 1.82) is 0 Å². The van der Waals surface area contributed by atoms with Crippen molar-refractivity contribution >= 4 is 44.0 Å². The average Bonchev–Trinajstić information content (AvgIpc) is 4.05. The highest BCUT2D eigenvalue weighted by molar-refractivity contribution is 7.90. The van der Waals surface area contributed by atoms with Gasteiger partial charge in [-0.2, -0.15) is 4.98 Å². The van der Waals surface area contributed by atoms with Crippen molar-refractivity contribution in [3.05, 3.63) is 99.7 Å². The summed E-state index contributed by atoms with van der Waals surface area (Å²) in [6.45, 7) is 13.9. The third-order valence-corrected chi connectivity index (χ3v) is 18.5. The number of aliphatic hydroxyl groups is 1. The standard InChI is InChI=1S/C56H70N8O9S/c1-35(2)42-8-5-6-9-43(42)46-10-7-21-63(46)39-30-56(31-39)18-22-62(23-19-56)38-11-12-44(48(27-38)73-50-26-37-15-20-57-52(37)59-54(50)71-25-24-61-32-40(65)33-61)53(66)60-74(69,70)41-28-47(64(67)68)51-49(29-41)72-34-45(58-51)36-13-16-55(3,4)17-14-36/h5-6,8-9,11-12,15,20,26-29,35-36,39-40,45-46,58,65H,7,10,13-14,16-19,21-25,30-34H2,1-4H3,(H,57,59)(H,60,66)/t45-,46+/m1/s1. The Balaban J connectivity index is 0.837. The van der Waals surface area contributed by atoms with Crippen LogP contribution in [-0.4, -0.2) is 115 Å². The Morgan fingerprint density at radius 3 is 2.50 bits per heavy atom. The lowest BCUT2D eigenvalue weighted by molar-refractivity contribution is -0.384. The van der Waals surface area contributed by atoms with E-state index >= 15 is 0 Å². The van der Waals surface area contributed by atoms with E-state index in [0.717, 1.165) is 75.3 Å². The number of ether oxygens (including phenoxy) is 3. The Bertz CT molecular complexity index is 3020. The smallest absolute Gasteiger partial charge is 0.297 e. The number of nitrogens with one attached hydrogen (secondary N) is 3. The largest absolute Gasteiger partial charge is 0.489 e. The molecule has 1 amide bonds. The van der Waals surface area contributed by atoms with Crippen LogP contribution in [0.2, 0.25) is 0 Å². The molecule has 2 aromatic heterocycles. The Morgan fingerprint density at radius 1 is 0.986 bits per heavy atom. The molecule has 11 rings (SSSR count). The maximum absolute atomic E-state index is 14.5. The number of β-amino-alcohol motifs (C(OH)–C–C–N with tert-alkyl or cyclic N) is 1. The Hall–Kier alpha value is -5.95. The number of likely N-dealkylation sites (tertiary alicyclic amines) is 2. The summed E-state index contributed by atoms with van der Waals surface area (Å²) in [7, 11) is -4.71. The Kier molecular flexibility index (Phi) is 13.5. The van der Waals surface area contributed by atoms with Crippen LogP contribution in [-0.2, 0) is 10.0 Å². The number of nitro benzene ring substituents is 1. The fourth-order valence-electron chi connectivity index (χ4n) is 12.8. The Labute approximate surface area is 433 Å². The van der Waals surface area contributed by atoms with Crippen LogP contribution < -0.4 is 29.1 Å². The quantitative estimate of drug-likeness (QED) is 0.0570. The van der Waals surface area contributed by atoms with E-state index in [2.05, 4.69) is 81.7 Å². The number of piperidine rings is 1. The van der Waals surface area contributed by atoms with Gasteiger partial charge in [-0.25, -0.2) is 13.1 Å². The number of anilines is 2. The number of nitrogens with zero attached hydrogens (tertiary/aromatic N) is 5. The van der Waals surface area contributed by atoms with Gasteiger partial charge in [-0.3, -0.25) is 24.7 Å². The molecule has 0 unspecified atom stereocenters. The van der Waals surface area contributed by atoms with Gasteiger partial charge in [0.05, 0.1) is 27.5 Å². The number of hydrogen-bond donors (Lipinski definition) is 4. The summed E-state index contributed by atoms with van der Waals surface area (Å²) in [4.78, 5) is 40.9. The number of rotatable bonds is 15. The van der Waals surface area contributed by atoms with E-state index in [0.29, 0.717) is 43.3 Å². The summed E-state index contributed by atoms with van der Waals surface area (Å²) in [6.07, 6.45) is 12.2. The lowest BCUT2D eigenvalue weighted by Gasteiger charge is -2.56. The molecule has 1 spiro atoms. The lowest BCUT2D eigenvalue weighted by Crippen LogP contribution is -2.54. The minimum absolute atomic E-state index is 0.0339. The minimum atomic E-state index is -4.71. The zero-order chi connectivity index (χ0) is 51.5. The van der Waals surface area contributed by atoms with Gasteiger partial charge in [-0.05, 0) is 129 Å². The van der Waals surface area contributed by atoms with Gasteiger partial charge in [0, 0.05) is 80.3 Å². The van der Waals surface area contributed by atoms with E-state index in [-0.39, 0.29) is 76.5 Å². The summed E-state index contributed by atoms with van der Waals surface area (Å²) < 4.78 is 49.6. The van der Waals surface area contributed by atoms with E-state index < -0.39 is 31.4 Å². The predicted octanol–water partition coefficient (Wildman–Crippen LogP) is 9.54. The third-order valence-electron chi connectivity index (χ3n) is 17.2. The maximum Gasteiger partial charge on any atom is 0.297 e. The van der Waals surface area contributed by atoms with E-state index in [1.54, 1.807) is 24.4 Å². The van der Waals surface area contributed by atoms with Crippen molar-refractivity contribution < 1.29 is 37.5 Å². The first-order valence-electron chi connectivity index (χ1n) is 26.7. The second-order valence-electron chi connectivity index (χ2n) is 23.1. The van der Waals surface area contributed by atoms with Crippen molar-refractivity contribution in [2.24, 2.45) is 16.7 Å². The number of pyridine rings is 1. The number of benzene rings is 3. The molecule has 5 fully saturated rings. The molecule has 18 heteroatoms. The second-order valence-corrected chi connectivity index (χ2v) is 24.7. The summed E-state index contributed by atoms with van der Waals surface area (Å²) >= 11 is 0. The number of carbonyl (C=O) groups excluding carboxylic acids is 1. The summed E-state index contributed by atoms with van der Waals surface area (Å²) in [5.74, 6) is 0.235. The van der Waals surface area contributed by atoms with Crippen LogP contribution in [0.1, 0.15) is 125 Å². The fourth-order valence-corrected chi connectivity index (χ4v) is 13.8. The monoisotopic (exact) mass is 1030 g/mol. The van der Waals surface area contributed by atoms with Gasteiger partial charge < -0.3 is 34.5 Å². The van der Waals surface area contributed by atoms with E-state index in [9.17, 15) is 28.4 Å². The highest BCUT2D eigenvalue weighted by Crippen LogP contribution is 2.55. The average molecular weight is 1030 g/mol. The van der Waals surface area contributed by atoms with Crippen molar-refractivity contribution in [3.8, 4) is 23.1 Å². The fraction of sp³-hybridized carbons (Fsp3) is 0.536. The van der Waals surface area contributed by atoms with Gasteiger partial charge in [0.25, 0.3) is 27.5 Å². The highest BCUT2D eigenvalue weighted by atomic mass is 32.2. The number of hydrogen-bond acceptors (Lipinski definition) is 14. The van der Waals surface area contributed by atoms with Crippen LogP contribution in [0.3, 0.4) is 0 Å². The molecule has 394 valence electrons. The molecule has 2 saturated carbocycles. The molecule has 17 nitrogen and oxygen atoms in total. The summed E-state index contributed by atoms with van der Waals surface area (Å²) in [5, 5.41) is 26.4. The summed E-state index contributed by atoms with van der Waals surface area (Å²) in [6, 6.07) is 20.8. The number of sulfonamides is 1. The molecule has 4 N–H and O–H groups in total. The van der Waals surface area contributed by atoms with Crippen molar-refractivity contribution in [1.82, 2.24) is 24.5 Å². The van der Waals surface area contributed by atoms with Gasteiger partial charge in [0.2, 0.25) is 0 Å². The van der Waals surface area contributed by atoms with Crippen LogP contribution in [0.5, 0.6) is 23.1 Å². The van der Waals surface area contributed by atoms with E-state index in [1.165, 1.54) is 42.9 Å². The second kappa shape index (κ2) is 20.0. The molecular weight excluding hydrogens is 961 g/mol. The SMILES string of the molecule is CC(C)c1ccccc1[C@@H]1CCCN1C1CC2(CCN(c3ccc(C(=O)NS(=O)(=O)c4cc5c(c([N+](=O)[O-])c4)N[C@@H](C4CCC(C)(C)CC4)CO5)c(Oc4cc5cc[nH]c5nc4OCCN4CC(O)C4)c3)CC2)C1. The van der Waals surface area contributed by atoms with Crippen molar-refractivity contribution in [3.63, 3.8) is 0 Å². The number of fused-ring (bicyclic) bond motifs is 2. The zero-order valence-corrected chi connectivity index (χ0v) is 43.8. The number of aliphatic hydroxyl groups excluding tert-OH is 1. The number of H-pyrrole nitrogens is 1. The predicted molar refractivity (Wildman–Crippen MR) is 283 cm³/mol. The first-order valence-corrected chi connectivity index (χ1v) is 28.2. The minimum Gasteiger partial charge on any atom is -0.489 e. The van der Waals surface area contributed by atoms with E-state index in [4.69, 9.17) is 19.2 Å². The van der Waals surface area contributed by atoms with Crippen LogP contribution in [0.4, 0.5) is 17.1 Å². The van der Waals surface area contributed by atoms with E-state index in [1.807, 2.05) is 12.1 Å². The van der Waals surface area contributed by atoms with Gasteiger partial charge in [0.1, 0.15) is 24.6 Å². The number of aromatic amines is 1. The summed E-state index contributed by atoms with van der Waals surface area (Å²) in [5.41, 5.74) is 4.42. The molecular formula is C56H70N8O9S. The molecule has 74 heavy (non-hydrogen) atoms. The van der Waals surface area contributed by atoms with Crippen molar-refractivity contribution in [2.75, 3.05) is 62.7 Å². The van der Waals surface area contributed by atoms with Gasteiger partial charge in [-0.1, -0.05) is 52.0 Å². The topological polar surface area (TPSA) is 205 Å². The Morgan fingerprint density at radius 2 is 1.76 bits per heavy atom. The molecule has 6 aliphatic rings. The van der Waals surface area contributed by atoms with Gasteiger partial charge in [-0.15, -0.1) is 0 Å². The maximum atomic E-state index is 14.5. The number of aromatic nitrogens is 2. The molecule has 6 heterocycles. The first kappa shape index (κ1) is 50.2. The highest BCUT2D eigenvalue weighted by Gasteiger charge is 2.50. The van der Waals surface area contributed by atoms with Crippen molar-refractivity contribution in [2.45, 2.75) is 127 Å². The molecule has 0 bridgehead atoms. The molecule has 3 aromatic carbocycles. The molecule has 0 radical (unpaired) electrons. The van der Waals surface area contributed by atoms with Gasteiger partial charge >= 0.3 is 0 Å². The number of carbonyl (C=O) groups is 1. The lowest BCUT2D eigenvalue weighted by atomic mass is 9.59. The van der Waals surface area contributed by atoms with Crippen LogP contribution >= 0.6 is 0 Å². The molecule has 4 aliphatic heterocycles. The molecule has 3 saturated heterocycles. The number of nitro groups is 1. The first-order chi connectivity index (χ1) is 35.5. The number of amides is 1. The molecule has 2 atom stereocenters. The third kappa shape index (κ3) is 10.1. The normalized spacial score (nSPS) is 22.4. The van der Waals surface area contributed by atoms with Gasteiger partial charge in [0.15, 0.2) is 17.2 Å².